The minimum absolute atomic E-state index is 0.00673. The lowest BCUT2D eigenvalue weighted by Crippen LogP contribution is -2.58. The van der Waals surface area contributed by atoms with Crippen molar-refractivity contribution in [2.24, 2.45) is 11.3 Å². The second-order valence-electron chi connectivity index (χ2n) is 8.15. The van der Waals surface area contributed by atoms with Crippen molar-refractivity contribution < 1.29 is 14.7 Å². The third-order valence-electron chi connectivity index (χ3n) is 3.86. The van der Waals surface area contributed by atoms with Gasteiger partial charge in [-0.25, -0.2) is 9.59 Å². The van der Waals surface area contributed by atoms with Crippen LogP contribution in [0.3, 0.4) is 0 Å². The molecule has 1 fully saturated rings. The number of carboxylic acid groups (broad SMARTS) is 1. The van der Waals surface area contributed by atoms with E-state index >= 15 is 0 Å². The zero-order chi connectivity index (χ0) is 16.4. The van der Waals surface area contributed by atoms with Gasteiger partial charge in [0.25, 0.3) is 0 Å². The Morgan fingerprint density at radius 2 is 1.81 bits per heavy atom. The molecule has 2 N–H and O–H groups in total. The molecule has 2 atom stereocenters. The number of hydrogen-bond acceptors (Lipinski definition) is 2. The molecule has 0 radical (unpaired) electrons. The summed E-state index contributed by atoms with van der Waals surface area (Å²) in [7, 11) is 0. The number of nitrogens with zero attached hydrogens (tertiary/aromatic N) is 1. The highest BCUT2D eigenvalue weighted by atomic mass is 16.4. The van der Waals surface area contributed by atoms with Gasteiger partial charge in [-0.1, -0.05) is 27.7 Å². The Morgan fingerprint density at radius 3 is 2.29 bits per heavy atom. The van der Waals surface area contributed by atoms with Crippen molar-refractivity contribution in [1.29, 1.82) is 0 Å². The Morgan fingerprint density at radius 1 is 1.24 bits per heavy atom. The van der Waals surface area contributed by atoms with Crippen LogP contribution in [-0.4, -0.2) is 40.1 Å². The third kappa shape index (κ3) is 5.21. The van der Waals surface area contributed by atoms with E-state index in [4.69, 9.17) is 0 Å². The van der Waals surface area contributed by atoms with E-state index < -0.39 is 12.0 Å². The Labute approximate surface area is 128 Å². The normalized spacial score (nSPS) is 23.8. The van der Waals surface area contributed by atoms with Crippen molar-refractivity contribution in [3.63, 3.8) is 0 Å². The standard InChI is InChI=1S/C16H30N2O3/c1-11-8-7-9-18(12(11)13(19)20)14(21)17-16(5,6)10-15(2,3)4/h11-12H,7-10H2,1-6H3,(H,17,21)(H,19,20). The lowest BCUT2D eigenvalue weighted by molar-refractivity contribution is -0.145. The molecule has 2 unspecified atom stereocenters. The van der Waals surface area contributed by atoms with Gasteiger partial charge in [-0.05, 0) is 44.4 Å². The number of likely N-dealkylation sites (tertiary alicyclic amines) is 1. The topological polar surface area (TPSA) is 69.6 Å². The van der Waals surface area contributed by atoms with Gasteiger partial charge in [0.15, 0.2) is 0 Å². The molecule has 0 spiro atoms. The highest BCUT2D eigenvalue weighted by Gasteiger charge is 2.38. The lowest BCUT2D eigenvalue weighted by atomic mass is 9.82. The zero-order valence-electron chi connectivity index (χ0n) is 14.2. The van der Waals surface area contributed by atoms with Gasteiger partial charge in [0, 0.05) is 12.1 Å². The molecule has 0 aromatic rings. The van der Waals surface area contributed by atoms with Gasteiger partial charge >= 0.3 is 12.0 Å². The summed E-state index contributed by atoms with van der Waals surface area (Å²) in [6.07, 6.45) is 2.54. The maximum atomic E-state index is 12.5. The summed E-state index contributed by atoms with van der Waals surface area (Å²) < 4.78 is 0. The molecule has 0 bridgehead atoms. The average Bonchev–Trinajstić information content (AvgIpc) is 2.23. The molecule has 1 rings (SSSR count). The number of urea groups is 1. The van der Waals surface area contributed by atoms with Crippen LogP contribution in [0.2, 0.25) is 0 Å². The summed E-state index contributed by atoms with van der Waals surface area (Å²) >= 11 is 0. The molecular weight excluding hydrogens is 268 g/mol. The molecule has 2 amide bonds. The van der Waals surface area contributed by atoms with Gasteiger partial charge in [0.05, 0.1) is 0 Å². The SMILES string of the molecule is CC1CCCN(C(=O)NC(C)(C)CC(C)(C)C)C1C(=O)O. The zero-order valence-corrected chi connectivity index (χ0v) is 14.2. The van der Waals surface area contributed by atoms with Crippen LogP contribution in [0.15, 0.2) is 0 Å². The van der Waals surface area contributed by atoms with Crippen LogP contribution in [0, 0.1) is 11.3 Å². The van der Waals surface area contributed by atoms with Gasteiger partial charge < -0.3 is 15.3 Å². The molecule has 122 valence electrons. The van der Waals surface area contributed by atoms with Crippen LogP contribution >= 0.6 is 0 Å². The first-order valence-electron chi connectivity index (χ1n) is 7.74. The molecule has 1 saturated heterocycles. The predicted octanol–water partition coefficient (Wildman–Crippen LogP) is 3.10. The van der Waals surface area contributed by atoms with E-state index in [1.165, 1.54) is 4.90 Å². The smallest absolute Gasteiger partial charge is 0.326 e. The number of rotatable bonds is 3. The summed E-state index contributed by atoms with van der Waals surface area (Å²) in [5.74, 6) is -0.918. The first kappa shape index (κ1) is 17.8. The Hall–Kier alpha value is -1.26. The van der Waals surface area contributed by atoms with E-state index in [0.717, 1.165) is 19.3 Å². The molecule has 0 aliphatic carbocycles. The Balaban J connectivity index is 2.79. The van der Waals surface area contributed by atoms with Crippen LogP contribution in [0.1, 0.15) is 60.8 Å². The van der Waals surface area contributed by atoms with Crippen LogP contribution in [0.25, 0.3) is 0 Å². The van der Waals surface area contributed by atoms with Crippen molar-refractivity contribution >= 4 is 12.0 Å². The van der Waals surface area contributed by atoms with E-state index in [9.17, 15) is 14.7 Å². The third-order valence-corrected chi connectivity index (χ3v) is 3.86. The maximum absolute atomic E-state index is 12.5. The summed E-state index contributed by atoms with van der Waals surface area (Å²) in [6.45, 7) is 12.8. The van der Waals surface area contributed by atoms with E-state index in [2.05, 4.69) is 26.1 Å². The molecule has 5 heteroatoms. The number of carbonyl (C=O) groups is 2. The van der Waals surface area contributed by atoms with Crippen molar-refractivity contribution in [2.45, 2.75) is 72.4 Å². The maximum Gasteiger partial charge on any atom is 0.326 e. The van der Waals surface area contributed by atoms with E-state index in [0.29, 0.717) is 6.54 Å². The lowest BCUT2D eigenvalue weighted by Gasteiger charge is -2.40. The molecule has 0 saturated carbocycles. The van der Waals surface area contributed by atoms with Crippen molar-refractivity contribution in [3.8, 4) is 0 Å². The number of hydrogen-bond donors (Lipinski definition) is 2. The van der Waals surface area contributed by atoms with Gasteiger partial charge in [-0.3, -0.25) is 0 Å². The van der Waals surface area contributed by atoms with Crippen molar-refractivity contribution in [2.75, 3.05) is 6.54 Å². The number of carboxylic acids is 1. The fourth-order valence-corrected chi connectivity index (χ4v) is 3.52. The molecule has 1 aliphatic heterocycles. The molecule has 0 aromatic carbocycles. The van der Waals surface area contributed by atoms with Gasteiger partial charge in [0.1, 0.15) is 6.04 Å². The first-order valence-corrected chi connectivity index (χ1v) is 7.74. The molecule has 1 heterocycles. The largest absolute Gasteiger partial charge is 0.480 e. The van der Waals surface area contributed by atoms with E-state index in [1.807, 2.05) is 20.8 Å². The average molecular weight is 298 g/mol. The Kier molecular flexibility index (Phi) is 5.29. The summed E-state index contributed by atoms with van der Waals surface area (Å²) in [5, 5.41) is 12.4. The van der Waals surface area contributed by atoms with Gasteiger partial charge in [0.2, 0.25) is 0 Å². The van der Waals surface area contributed by atoms with Crippen LogP contribution < -0.4 is 5.32 Å². The quantitative estimate of drug-likeness (QED) is 0.841. The second-order valence-corrected chi connectivity index (χ2v) is 8.15. The van der Waals surface area contributed by atoms with Crippen molar-refractivity contribution in [1.82, 2.24) is 10.2 Å². The summed E-state index contributed by atoms with van der Waals surface area (Å²) in [6, 6.07) is -0.979. The molecule has 1 aliphatic rings. The van der Waals surface area contributed by atoms with Gasteiger partial charge in [-0.15, -0.1) is 0 Å². The predicted molar refractivity (Wildman–Crippen MR) is 83.2 cm³/mol. The number of carbonyl (C=O) groups excluding carboxylic acids is 1. The van der Waals surface area contributed by atoms with E-state index in [-0.39, 0.29) is 22.9 Å². The monoisotopic (exact) mass is 298 g/mol. The molecule has 21 heavy (non-hydrogen) atoms. The highest BCUT2D eigenvalue weighted by molar-refractivity contribution is 5.83. The highest BCUT2D eigenvalue weighted by Crippen LogP contribution is 2.28. The second kappa shape index (κ2) is 6.24. The number of aliphatic carboxylic acids is 1. The number of piperidine rings is 1. The number of amides is 2. The molecular formula is C16H30N2O3. The van der Waals surface area contributed by atoms with Crippen LogP contribution in [0.5, 0.6) is 0 Å². The van der Waals surface area contributed by atoms with Crippen molar-refractivity contribution in [3.05, 3.63) is 0 Å². The van der Waals surface area contributed by atoms with Gasteiger partial charge in [-0.2, -0.15) is 0 Å². The van der Waals surface area contributed by atoms with E-state index in [1.54, 1.807) is 0 Å². The summed E-state index contributed by atoms with van der Waals surface area (Å²) in [5.41, 5.74) is -0.267. The fourth-order valence-electron chi connectivity index (χ4n) is 3.52. The minimum Gasteiger partial charge on any atom is -0.480 e. The van der Waals surface area contributed by atoms with Crippen LogP contribution in [0.4, 0.5) is 4.79 Å². The molecule has 0 aromatic heterocycles. The fraction of sp³-hybridized carbons (Fsp3) is 0.875. The Bertz CT molecular complexity index is 399. The minimum atomic E-state index is -0.911. The first-order chi connectivity index (χ1) is 9.43. The molecule has 5 nitrogen and oxygen atoms in total. The number of nitrogens with one attached hydrogen (secondary N) is 1. The summed E-state index contributed by atoms with van der Waals surface area (Å²) in [4.78, 5) is 25.5. The van der Waals surface area contributed by atoms with Crippen LogP contribution in [-0.2, 0) is 4.79 Å².